The van der Waals surface area contributed by atoms with Gasteiger partial charge in [-0.25, -0.2) is 9.97 Å². The standard InChI is InChI=1S/C13H12BrClN2/c1-9-5-12(8-15)17-13(16-9)7-10-3-2-4-11(14)6-10/h2-6H,7-8H2,1H3. The summed E-state index contributed by atoms with van der Waals surface area (Å²) in [7, 11) is 0. The summed E-state index contributed by atoms with van der Waals surface area (Å²) in [5.41, 5.74) is 3.02. The molecular weight excluding hydrogens is 300 g/mol. The molecule has 0 radical (unpaired) electrons. The number of alkyl halides is 1. The first-order valence-corrected chi connectivity index (χ1v) is 6.64. The lowest BCUT2D eigenvalue weighted by Gasteiger charge is -2.04. The summed E-state index contributed by atoms with van der Waals surface area (Å²) in [6, 6.07) is 10.1. The Balaban J connectivity index is 2.26. The van der Waals surface area contributed by atoms with Crippen LogP contribution in [0.1, 0.15) is 22.8 Å². The highest BCUT2D eigenvalue weighted by Crippen LogP contribution is 2.14. The van der Waals surface area contributed by atoms with E-state index in [9.17, 15) is 0 Å². The molecule has 17 heavy (non-hydrogen) atoms. The van der Waals surface area contributed by atoms with Crippen LogP contribution in [0, 0.1) is 6.92 Å². The maximum Gasteiger partial charge on any atom is 0.133 e. The van der Waals surface area contributed by atoms with Crippen LogP contribution in [-0.2, 0) is 12.3 Å². The van der Waals surface area contributed by atoms with Gasteiger partial charge in [0.25, 0.3) is 0 Å². The highest BCUT2D eigenvalue weighted by molar-refractivity contribution is 9.10. The third-order valence-electron chi connectivity index (χ3n) is 2.34. The molecule has 1 aromatic carbocycles. The van der Waals surface area contributed by atoms with Crippen molar-refractivity contribution in [2.24, 2.45) is 0 Å². The number of rotatable bonds is 3. The van der Waals surface area contributed by atoms with Crippen LogP contribution < -0.4 is 0 Å². The summed E-state index contributed by atoms with van der Waals surface area (Å²) >= 11 is 9.26. The topological polar surface area (TPSA) is 25.8 Å². The molecule has 0 atom stereocenters. The van der Waals surface area contributed by atoms with Crippen LogP contribution in [-0.4, -0.2) is 9.97 Å². The van der Waals surface area contributed by atoms with Crippen molar-refractivity contribution in [2.75, 3.05) is 0 Å². The van der Waals surface area contributed by atoms with Crippen LogP contribution in [0.2, 0.25) is 0 Å². The van der Waals surface area contributed by atoms with Crippen LogP contribution in [0.4, 0.5) is 0 Å². The summed E-state index contributed by atoms with van der Waals surface area (Å²) in [5.74, 6) is 1.24. The quantitative estimate of drug-likeness (QED) is 0.804. The van der Waals surface area contributed by atoms with E-state index in [0.717, 1.165) is 28.1 Å². The third kappa shape index (κ3) is 3.51. The molecule has 0 saturated carbocycles. The average molecular weight is 312 g/mol. The highest BCUT2D eigenvalue weighted by atomic mass is 79.9. The minimum atomic E-state index is 0.425. The Morgan fingerprint density at radius 3 is 2.76 bits per heavy atom. The summed E-state index contributed by atoms with van der Waals surface area (Å²) < 4.78 is 1.07. The monoisotopic (exact) mass is 310 g/mol. The number of nitrogens with zero attached hydrogens (tertiary/aromatic N) is 2. The summed E-state index contributed by atoms with van der Waals surface area (Å²) in [4.78, 5) is 8.84. The molecule has 2 aromatic rings. The van der Waals surface area contributed by atoms with Gasteiger partial charge in [-0.05, 0) is 30.7 Å². The number of halogens is 2. The molecule has 0 bridgehead atoms. The second-order valence-corrected chi connectivity index (χ2v) is 5.04. The smallest absolute Gasteiger partial charge is 0.133 e. The van der Waals surface area contributed by atoms with Gasteiger partial charge >= 0.3 is 0 Å². The summed E-state index contributed by atoms with van der Waals surface area (Å²) in [5, 5.41) is 0. The Hall–Kier alpha value is -0.930. The van der Waals surface area contributed by atoms with E-state index >= 15 is 0 Å². The zero-order valence-corrected chi connectivity index (χ0v) is 11.8. The lowest BCUT2D eigenvalue weighted by atomic mass is 10.1. The number of benzene rings is 1. The number of hydrogen-bond donors (Lipinski definition) is 0. The largest absolute Gasteiger partial charge is 0.238 e. The predicted octanol–water partition coefficient (Wildman–Crippen LogP) is 3.88. The fourth-order valence-electron chi connectivity index (χ4n) is 1.68. The van der Waals surface area contributed by atoms with Gasteiger partial charge in [-0.15, -0.1) is 11.6 Å². The van der Waals surface area contributed by atoms with Crippen LogP contribution in [0.5, 0.6) is 0 Å². The van der Waals surface area contributed by atoms with Crippen LogP contribution in [0.3, 0.4) is 0 Å². The molecule has 0 aliphatic heterocycles. The van der Waals surface area contributed by atoms with E-state index in [1.165, 1.54) is 5.56 Å². The van der Waals surface area contributed by atoms with E-state index in [4.69, 9.17) is 11.6 Å². The molecule has 2 rings (SSSR count). The van der Waals surface area contributed by atoms with Crippen molar-refractivity contribution in [3.8, 4) is 0 Å². The zero-order valence-electron chi connectivity index (χ0n) is 9.45. The molecule has 2 nitrogen and oxygen atoms in total. The van der Waals surface area contributed by atoms with Gasteiger partial charge in [0.15, 0.2) is 0 Å². The Morgan fingerprint density at radius 1 is 1.24 bits per heavy atom. The highest BCUT2D eigenvalue weighted by Gasteiger charge is 2.03. The van der Waals surface area contributed by atoms with Crippen LogP contribution >= 0.6 is 27.5 Å². The second-order valence-electron chi connectivity index (χ2n) is 3.86. The van der Waals surface area contributed by atoms with Crippen molar-refractivity contribution in [3.05, 3.63) is 57.6 Å². The van der Waals surface area contributed by atoms with Gasteiger partial charge in [-0.3, -0.25) is 0 Å². The van der Waals surface area contributed by atoms with Crippen molar-refractivity contribution in [1.82, 2.24) is 9.97 Å². The van der Waals surface area contributed by atoms with Crippen molar-refractivity contribution in [2.45, 2.75) is 19.2 Å². The summed E-state index contributed by atoms with van der Waals surface area (Å²) in [6.07, 6.45) is 0.727. The molecule has 0 fully saturated rings. The minimum absolute atomic E-state index is 0.425. The first-order chi connectivity index (χ1) is 8.17. The van der Waals surface area contributed by atoms with E-state index in [-0.39, 0.29) is 0 Å². The van der Waals surface area contributed by atoms with Gasteiger partial charge < -0.3 is 0 Å². The lowest BCUT2D eigenvalue weighted by Crippen LogP contribution is -2.01. The molecule has 1 aromatic heterocycles. The van der Waals surface area contributed by atoms with E-state index < -0.39 is 0 Å². The molecule has 1 heterocycles. The Morgan fingerprint density at radius 2 is 2.06 bits per heavy atom. The Labute approximate surface area is 114 Å². The maximum absolute atomic E-state index is 5.80. The van der Waals surface area contributed by atoms with E-state index in [0.29, 0.717) is 5.88 Å². The molecular formula is C13H12BrClN2. The zero-order chi connectivity index (χ0) is 12.3. The van der Waals surface area contributed by atoms with E-state index in [2.05, 4.69) is 38.0 Å². The van der Waals surface area contributed by atoms with Crippen LogP contribution in [0.25, 0.3) is 0 Å². The third-order valence-corrected chi connectivity index (χ3v) is 3.11. The Kier molecular flexibility index (Phi) is 4.13. The fourth-order valence-corrected chi connectivity index (χ4v) is 2.26. The molecule has 0 spiro atoms. The van der Waals surface area contributed by atoms with Gasteiger partial charge in [0.05, 0.1) is 11.6 Å². The van der Waals surface area contributed by atoms with E-state index in [1.807, 2.05) is 25.1 Å². The molecule has 0 saturated heterocycles. The minimum Gasteiger partial charge on any atom is -0.238 e. The van der Waals surface area contributed by atoms with Gasteiger partial charge in [-0.2, -0.15) is 0 Å². The van der Waals surface area contributed by atoms with Gasteiger partial charge in [-0.1, -0.05) is 28.1 Å². The van der Waals surface area contributed by atoms with Crippen molar-refractivity contribution >= 4 is 27.5 Å². The molecule has 0 aliphatic rings. The molecule has 0 amide bonds. The van der Waals surface area contributed by atoms with Gasteiger partial charge in [0.1, 0.15) is 5.82 Å². The molecule has 0 unspecified atom stereocenters. The maximum atomic E-state index is 5.80. The van der Waals surface area contributed by atoms with Crippen molar-refractivity contribution in [3.63, 3.8) is 0 Å². The van der Waals surface area contributed by atoms with Crippen LogP contribution in [0.15, 0.2) is 34.8 Å². The second kappa shape index (κ2) is 5.61. The van der Waals surface area contributed by atoms with Crippen molar-refractivity contribution in [1.29, 1.82) is 0 Å². The number of aromatic nitrogens is 2. The van der Waals surface area contributed by atoms with Gasteiger partial charge in [0.2, 0.25) is 0 Å². The first-order valence-electron chi connectivity index (χ1n) is 5.31. The first kappa shape index (κ1) is 12.5. The van der Waals surface area contributed by atoms with Crippen molar-refractivity contribution < 1.29 is 0 Å². The molecule has 0 aliphatic carbocycles. The average Bonchev–Trinajstić information content (AvgIpc) is 2.28. The summed E-state index contributed by atoms with van der Waals surface area (Å²) in [6.45, 7) is 1.96. The SMILES string of the molecule is Cc1cc(CCl)nc(Cc2cccc(Br)c2)n1. The molecule has 88 valence electrons. The Bertz CT molecular complexity index is 529. The van der Waals surface area contributed by atoms with E-state index in [1.54, 1.807) is 0 Å². The number of aryl methyl sites for hydroxylation is 1. The molecule has 4 heteroatoms. The lowest BCUT2D eigenvalue weighted by molar-refractivity contribution is 0.912. The molecule has 0 N–H and O–H groups in total. The fraction of sp³-hybridized carbons (Fsp3) is 0.231. The number of hydrogen-bond acceptors (Lipinski definition) is 2. The normalized spacial score (nSPS) is 10.5. The predicted molar refractivity (Wildman–Crippen MR) is 73.3 cm³/mol. The van der Waals surface area contributed by atoms with Gasteiger partial charge in [0, 0.05) is 16.6 Å².